The molecule has 0 bridgehead atoms. The molecule has 0 atom stereocenters. The highest BCUT2D eigenvalue weighted by molar-refractivity contribution is 7.99. The van der Waals surface area contributed by atoms with Crippen molar-refractivity contribution in [2.75, 3.05) is 11.1 Å². The number of amides is 1. The summed E-state index contributed by atoms with van der Waals surface area (Å²) in [6, 6.07) is 13.8. The summed E-state index contributed by atoms with van der Waals surface area (Å²) in [5.41, 5.74) is 2.13. The zero-order chi connectivity index (χ0) is 21.6. The average molecular weight is 434 g/mol. The average Bonchev–Trinajstić information content (AvgIpc) is 3.52. The highest BCUT2D eigenvalue weighted by Crippen LogP contribution is 2.30. The molecule has 31 heavy (non-hydrogen) atoms. The van der Waals surface area contributed by atoms with Gasteiger partial charge in [-0.05, 0) is 48.5 Å². The lowest BCUT2D eigenvalue weighted by Gasteiger charge is -2.06. The Morgan fingerprint density at radius 3 is 2.23 bits per heavy atom. The van der Waals surface area contributed by atoms with Crippen LogP contribution in [-0.4, -0.2) is 32.6 Å². The number of benzene rings is 1. The fourth-order valence-corrected chi connectivity index (χ4v) is 3.42. The van der Waals surface area contributed by atoms with E-state index in [-0.39, 0.29) is 17.4 Å². The quantitative estimate of drug-likeness (QED) is 0.313. The summed E-state index contributed by atoms with van der Waals surface area (Å²) >= 11 is 1.18. The van der Waals surface area contributed by atoms with E-state index in [1.54, 1.807) is 68.0 Å². The summed E-state index contributed by atoms with van der Waals surface area (Å²) in [6.07, 6.45) is 3.49. The van der Waals surface area contributed by atoms with Gasteiger partial charge in [0.1, 0.15) is 5.69 Å². The van der Waals surface area contributed by atoms with Gasteiger partial charge < -0.3 is 14.2 Å². The monoisotopic (exact) mass is 434 g/mol. The van der Waals surface area contributed by atoms with Gasteiger partial charge in [0.05, 0.1) is 18.3 Å². The van der Waals surface area contributed by atoms with Crippen LogP contribution >= 0.6 is 11.8 Å². The number of carbonyl (C=O) groups is 2. The molecule has 0 aliphatic rings. The van der Waals surface area contributed by atoms with Gasteiger partial charge in [0.2, 0.25) is 11.1 Å². The van der Waals surface area contributed by atoms with Gasteiger partial charge in [-0.3, -0.25) is 9.59 Å². The highest BCUT2D eigenvalue weighted by atomic mass is 32.2. The molecule has 1 aromatic carbocycles. The molecule has 0 unspecified atom stereocenters. The van der Waals surface area contributed by atoms with E-state index >= 15 is 0 Å². The smallest absolute Gasteiger partial charge is 0.224 e. The fraction of sp³-hybridized carbons (Fsp3) is 0.136. The molecule has 3 aromatic heterocycles. The molecule has 1 amide bonds. The van der Waals surface area contributed by atoms with E-state index in [0.29, 0.717) is 45.7 Å². The second-order valence-electron chi connectivity index (χ2n) is 6.44. The van der Waals surface area contributed by atoms with Crippen LogP contribution in [0.3, 0.4) is 0 Å². The van der Waals surface area contributed by atoms with Crippen LogP contribution in [0.4, 0.5) is 5.69 Å². The van der Waals surface area contributed by atoms with Crippen molar-refractivity contribution < 1.29 is 18.4 Å². The van der Waals surface area contributed by atoms with Crippen LogP contribution in [0, 0.1) is 0 Å². The van der Waals surface area contributed by atoms with Gasteiger partial charge in [0.15, 0.2) is 23.0 Å². The molecular formula is C22H18N4O4S. The predicted molar refractivity (Wildman–Crippen MR) is 116 cm³/mol. The zero-order valence-corrected chi connectivity index (χ0v) is 17.4. The molecule has 9 heteroatoms. The number of nitrogens with zero attached hydrogens (tertiary/aromatic N) is 3. The molecule has 0 fully saturated rings. The maximum Gasteiger partial charge on any atom is 0.224 e. The van der Waals surface area contributed by atoms with Crippen molar-refractivity contribution in [3.05, 3.63) is 66.6 Å². The minimum absolute atomic E-state index is 0.0790. The Kier molecular flexibility index (Phi) is 6.23. The first-order valence-electron chi connectivity index (χ1n) is 9.52. The maximum atomic E-state index is 12.6. The Morgan fingerprint density at radius 1 is 0.935 bits per heavy atom. The Morgan fingerprint density at radius 2 is 1.61 bits per heavy atom. The van der Waals surface area contributed by atoms with Crippen molar-refractivity contribution in [2.45, 2.75) is 18.5 Å². The summed E-state index contributed by atoms with van der Waals surface area (Å²) < 4.78 is 10.9. The number of ketones is 1. The Balaban J connectivity index is 1.48. The van der Waals surface area contributed by atoms with Gasteiger partial charge >= 0.3 is 0 Å². The third-order valence-corrected chi connectivity index (χ3v) is 5.16. The summed E-state index contributed by atoms with van der Waals surface area (Å²) in [4.78, 5) is 28.5. The lowest BCUT2D eigenvalue weighted by atomic mass is 10.1. The molecule has 0 spiro atoms. The third kappa shape index (κ3) is 4.89. The molecule has 8 nitrogen and oxygen atoms in total. The number of Topliss-reactive ketones (excluding diaryl/α,β-unsaturated/α-hetero) is 1. The second-order valence-corrected chi connectivity index (χ2v) is 7.38. The number of hydrogen-bond donors (Lipinski definition) is 1. The summed E-state index contributed by atoms with van der Waals surface area (Å²) in [5, 5.41) is 11.5. The van der Waals surface area contributed by atoms with Crippen molar-refractivity contribution in [3.8, 4) is 22.9 Å². The zero-order valence-electron chi connectivity index (χ0n) is 16.6. The summed E-state index contributed by atoms with van der Waals surface area (Å²) in [5.74, 6) is 1.02. The lowest BCUT2D eigenvalue weighted by molar-refractivity contribution is -0.115. The van der Waals surface area contributed by atoms with E-state index in [1.165, 1.54) is 11.8 Å². The minimum Gasteiger partial charge on any atom is -0.463 e. The lowest BCUT2D eigenvalue weighted by Crippen LogP contribution is -2.10. The first-order chi connectivity index (χ1) is 15.1. The Bertz CT molecular complexity index is 1170. The van der Waals surface area contributed by atoms with E-state index in [2.05, 4.69) is 20.5 Å². The number of nitrogens with one attached hydrogen (secondary N) is 1. The summed E-state index contributed by atoms with van der Waals surface area (Å²) in [7, 11) is 0. The van der Waals surface area contributed by atoms with E-state index in [4.69, 9.17) is 8.83 Å². The van der Waals surface area contributed by atoms with Crippen molar-refractivity contribution >= 4 is 29.1 Å². The predicted octanol–water partition coefficient (Wildman–Crippen LogP) is 4.72. The number of rotatable bonds is 8. The van der Waals surface area contributed by atoms with Crippen LogP contribution in [0.1, 0.15) is 23.7 Å². The van der Waals surface area contributed by atoms with Gasteiger partial charge in [0.25, 0.3) is 0 Å². The molecular weight excluding hydrogens is 416 g/mol. The molecule has 0 saturated carbocycles. The van der Waals surface area contributed by atoms with Gasteiger partial charge in [-0.15, -0.1) is 10.2 Å². The van der Waals surface area contributed by atoms with Gasteiger partial charge in [-0.25, -0.2) is 4.98 Å². The van der Waals surface area contributed by atoms with Gasteiger partial charge in [-0.2, -0.15) is 0 Å². The SMILES string of the molecule is CCC(=O)Nc1ccc(C(=O)CSc2nnc(-c3ccco3)c(-c3ccco3)n2)cc1. The minimum atomic E-state index is -0.0865. The number of hydrogen-bond acceptors (Lipinski definition) is 8. The number of furan rings is 2. The van der Waals surface area contributed by atoms with E-state index in [9.17, 15) is 9.59 Å². The molecule has 4 rings (SSSR count). The number of anilines is 1. The molecule has 1 N–H and O–H groups in total. The van der Waals surface area contributed by atoms with Crippen molar-refractivity contribution in [3.63, 3.8) is 0 Å². The number of thioether (sulfide) groups is 1. The topological polar surface area (TPSA) is 111 Å². The molecule has 156 valence electrons. The van der Waals surface area contributed by atoms with Gasteiger partial charge in [0, 0.05) is 17.7 Å². The molecule has 0 radical (unpaired) electrons. The second kappa shape index (κ2) is 9.40. The molecule has 0 aliphatic heterocycles. The largest absolute Gasteiger partial charge is 0.463 e. The summed E-state index contributed by atoms with van der Waals surface area (Å²) in [6.45, 7) is 1.78. The molecule has 0 saturated heterocycles. The standard InChI is InChI=1S/C22H18N4O4S/c1-2-19(28)23-15-9-7-14(8-10-15)16(27)13-31-22-24-20(17-5-3-11-29-17)21(25-26-22)18-6-4-12-30-18/h3-12H,2,13H2,1H3,(H,23,28). The molecule has 3 heterocycles. The van der Waals surface area contributed by atoms with Crippen LogP contribution in [0.5, 0.6) is 0 Å². The van der Waals surface area contributed by atoms with Crippen LogP contribution in [0.25, 0.3) is 22.9 Å². The Hall–Kier alpha value is -3.72. The number of carbonyl (C=O) groups excluding carboxylic acids is 2. The van der Waals surface area contributed by atoms with Crippen LogP contribution in [0.15, 0.2) is 75.0 Å². The maximum absolute atomic E-state index is 12.6. The van der Waals surface area contributed by atoms with Gasteiger partial charge in [-0.1, -0.05) is 18.7 Å². The van der Waals surface area contributed by atoms with E-state index < -0.39 is 0 Å². The van der Waals surface area contributed by atoms with Crippen molar-refractivity contribution in [1.82, 2.24) is 15.2 Å². The first-order valence-corrected chi connectivity index (χ1v) is 10.5. The van der Waals surface area contributed by atoms with E-state index in [1.807, 2.05) is 0 Å². The molecule has 0 aliphatic carbocycles. The molecule has 4 aromatic rings. The third-order valence-electron chi connectivity index (χ3n) is 4.32. The first kappa shape index (κ1) is 20.5. The normalized spacial score (nSPS) is 10.7. The van der Waals surface area contributed by atoms with Crippen LogP contribution < -0.4 is 5.32 Å². The fourth-order valence-electron chi connectivity index (χ4n) is 2.74. The highest BCUT2D eigenvalue weighted by Gasteiger charge is 2.18. The Labute approximate surface area is 182 Å². The van der Waals surface area contributed by atoms with Crippen molar-refractivity contribution in [1.29, 1.82) is 0 Å². The van der Waals surface area contributed by atoms with E-state index in [0.717, 1.165) is 0 Å². The number of aromatic nitrogens is 3. The van der Waals surface area contributed by atoms with Crippen LogP contribution in [-0.2, 0) is 4.79 Å². The van der Waals surface area contributed by atoms with Crippen LogP contribution in [0.2, 0.25) is 0 Å². The van der Waals surface area contributed by atoms with Crippen molar-refractivity contribution in [2.24, 2.45) is 0 Å².